The Labute approximate surface area is 217 Å². The Hall–Kier alpha value is -2.75. The van der Waals surface area contributed by atoms with Gasteiger partial charge < -0.3 is 9.84 Å². The molecule has 0 spiro atoms. The summed E-state index contributed by atoms with van der Waals surface area (Å²) in [6.45, 7) is 12.4. The lowest BCUT2D eigenvalue weighted by Gasteiger charge is -2.34. The van der Waals surface area contributed by atoms with Gasteiger partial charge >= 0.3 is 0 Å². The van der Waals surface area contributed by atoms with Crippen molar-refractivity contribution in [3.8, 4) is 11.1 Å². The number of rotatable bonds is 8. The maximum atomic E-state index is 10.8. The van der Waals surface area contributed by atoms with Crippen LogP contribution in [0.25, 0.3) is 17.2 Å². The number of ether oxygens (including phenoxy) is 1. The lowest BCUT2D eigenvalue weighted by atomic mass is 9.69. The summed E-state index contributed by atoms with van der Waals surface area (Å²) < 4.78 is 5.41. The summed E-state index contributed by atoms with van der Waals surface area (Å²) in [7, 11) is 0. The molecule has 0 unspecified atom stereocenters. The number of hydrogen-bond donors (Lipinski definition) is 1. The van der Waals surface area contributed by atoms with Gasteiger partial charge in [-0.2, -0.15) is 0 Å². The molecule has 1 N–H and O–H groups in total. The molecule has 1 aromatic heterocycles. The smallest absolute Gasteiger partial charge is 0.0874 e. The van der Waals surface area contributed by atoms with Crippen LogP contribution >= 0.6 is 0 Å². The van der Waals surface area contributed by atoms with Crippen LogP contribution in [0.2, 0.25) is 0 Å². The van der Waals surface area contributed by atoms with Gasteiger partial charge in [-0.3, -0.25) is 4.98 Å². The standard InChI is InChI=1S/C33H41NO2/c1-6-26-21-28(23-34-22-26)31-12-11-30(20-25(31)5)33(7-2,8-3)29-10-9-27(24(4)19-29)13-14-32(35)15-17-36-18-16-32/h9-14,19-23,35H,6-8,15-18H2,1-5H3. The minimum Gasteiger partial charge on any atom is -0.386 e. The van der Waals surface area contributed by atoms with Crippen molar-refractivity contribution in [3.05, 3.63) is 94.3 Å². The average Bonchev–Trinajstić information content (AvgIpc) is 2.90. The molecule has 0 bridgehead atoms. The molecule has 0 aliphatic carbocycles. The predicted octanol–water partition coefficient (Wildman–Crippen LogP) is 7.59. The topological polar surface area (TPSA) is 42.4 Å². The monoisotopic (exact) mass is 483 g/mol. The molecule has 36 heavy (non-hydrogen) atoms. The molecule has 190 valence electrons. The molecule has 2 heterocycles. The first-order chi connectivity index (χ1) is 17.3. The second-order valence-electron chi connectivity index (χ2n) is 10.4. The second kappa shape index (κ2) is 11.1. The van der Waals surface area contributed by atoms with Crippen molar-refractivity contribution in [3.63, 3.8) is 0 Å². The zero-order valence-electron chi connectivity index (χ0n) is 22.6. The maximum absolute atomic E-state index is 10.8. The molecule has 3 nitrogen and oxygen atoms in total. The van der Waals surface area contributed by atoms with Crippen LogP contribution < -0.4 is 0 Å². The van der Waals surface area contributed by atoms with E-state index >= 15 is 0 Å². The van der Waals surface area contributed by atoms with Crippen molar-refractivity contribution in [2.24, 2.45) is 0 Å². The largest absolute Gasteiger partial charge is 0.386 e. The molecule has 1 aliphatic heterocycles. The Morgan fingerprint density at radius 3 is 2.19 bits per heavy atom. The van der Waals surface area contributed by atoms with E-state index in [9.17, 15) is 5.11 Å². The fraction of sp³-hybridized carbons (Fsp3) is 0.424. The van der Waals surface area contributed by atoms with Crippen LogP contribution in [0.4, 0.5) is 0 Å². The van der Waals surface area contributed by atoms with Gasteiger partial charge in [0.25, 0.3) is 0 Å². The first kappa shape index (κ1) is 26.3. The van der Waals surface area contributed by atoms with Gasteiger partial charge in [0.15, 0.2) is 0 Å². The zero-order valence-corrected chi connectivity index (χ0v) is 22.6. The lowest BCUT2D eigenvalue weighted by Crippen LogP contribution is -2.33. The predicted molar refractivity (Wildman–Crippen MR) is 150 cm³/mol. The minimum absolute atomic E-state index is 0.0429. The van der Waals surface area contributed by atoms with E-state index in [-0.39, 0.29) is 5.41 Å². The van der Waals surface area contributed by atoms with Gasteiger partial charge in [-0.1, -0.05) is 69.3 Å². The Balaban J connectivity index is 1.66. The fourth-order valence-electron chi connectivity index (χ4n) is 5.64. The van der Waals surface area contributed by atoms with Crippen molar-refractivity contribution in [2.75, 3.05) is 13.2 Å². The molecule has 3 aromatic rings. The molecule has 0 atom stereocenters. The summed E-state index contributed by atoms with van der Waals surface area (Å²) >= 11 is 0. The van der Waals surface area contributed by atoms with Crippen molar-refractivity contribution >= 4 is 6.08 Å². The molecule has 0 saturated carbocycles. The maximum Gasteiger partial charge on any atom is 0.0874 e. The highest BCUT2D eigenvalue weighted by atomic mass is 16.5. The molecule has 0 amide bonds. The Morgan fingerprint density at radius 1 is 0.917 bits per heavy atom. The minimum atomic E-state index is -0.759. The number of benzene rings is 2. The number of pyridine rings is 1. The number of aromatic nitrogens is 1. The van der Waals surface area contributed by atoms with Gasteiger partial charge in [0.2, 0.25) is 0 Å². The van der Waals surface area contributed by atoms with Crippen LogP contribution in [0.3, 0.4) is 0 Å². The van der Waals surface area contributed by atoms with Crippen LogP contribution in [0.5, 0.6) is 0 Å². The van der Waals surface area contributed by atoms with Crippen LogP contribution in [-0.2, 0) is 16.6 Å². The molecule has 1 fully saturated rings. The molecule has 0 radical (unpaired) electrons. The third kappa shape index (κ3) is 5.33. The molecule has 3 heteroatoms. The summed E-state index contributed by atoms with van der Waals surface area (Å²) in [6.07, 6.45) is 12.3. The van der Waals surface area contributed by atoms with E-state index in [4.69, 9.17) is 4.74 Å². The quantitative estimate of drug-likeness (QED) is 0.359. The first-order valence-electron chi connectivity index (χ1n) is 13.5. The average molecular weight is 484 g/mol. The summed E-state index contributed by atoms with van der Waals surface area (Å²) in [5.41, 5.74) is 9.32. The number of hydrogen-bond acceptors (Lipinski definition) is 3. The summed E-state index contributed by atoms with van der Waals surface area (Å²) in [5.74, 6) is 0. The van der Waals surface area contributed by atoms with E-state index in [0.29, 0.717) is 26.1 Å². The SMILES string of the molecule is CCc1cncc(-c2ccc(C(CC)(CC)c3ccc(C=CC4(O)CCOCC4)c(C)c3)cc2C)c1. The molecule has 4 rings (SSSR count). The van der Waals surface area contributed by atoms with Crippen LogP contribution in [0, 0.1) is 13.8 Å². The van der Waals surface area contributed by atoms with Gasteiger partial charge in [-0.25, -0.2) is 0 Å². The van der Waals surface area contributed by atoms with E-state index in [2.05, 4.69) is 88.1 Å². The third-order valence-corrected chi connectivity index (χ3v) is 8.25. The normalized spacial score (nSPS) is 15.9. The highest BCUT2D eigenvalue weighted by molar-refractivity contribution is 5.68. The van der Waals surface area contributed by atoms with Crippen LogP contribution in [0.1, 0.15) is 79.8 Å². The summed E-state index contributed by atoms with van der Waals surface area (Å²) in [6, 6.07) is 16.1. The molecule has 1 saturated heterocycles. The molecular weight excluding hydrogens is 442 g/mol. The highest BCUT2D eigenvalue weighted by Crippen LogP contribution is 2.41. The van der Waals surface area contributed by atoms with E-state index in [1.807, 2.05) is 18.5 Å². The van der Waals surface area contributed by atoms with E-state index in [0.717, 1.165) is 24.8 Å². The van der Waals surface area contributed by atoms with Crippen molar-refractivity contribution in [1.82, 2.24) is 4.98 Å². The van der Waals surface area contributed by atoms with Gasteiger partial charge in [0, 0.05) is 49.4 Å². The Kier molecular flexibility index (Phi) is 8.12. The lowest BCUT2D eigenvalue weighted by molar-refractivity contribution is -0.0317. The summed E-state index contributed by atoms with van der Waals surface area (Å²) in [4.78, 5) is 4.46. The van der Waals surface area contributed by atoms with E-state index in [1.54, 1.807) is 0 Å². The first-order valence-corrected chi connectivity index (χ1v) is 13.5. The highest BCUT2D eigenvalue weighted by Gasteiger charge is 2.31. The van der Waals surface area contributed by atoms with E-state index < -0.39 is 5.60 Å². The molecule has 1 aliphatic rings. The zero-order chi connectivity index (χ0) is 25.8. The Bertz CT molecular complexity index is 1220. The van der Waals surface area contributed by atoms with E-state index in [1.165, 1.54) is 38.9 Å². The van der Waals surface area contributed by atoms with Gasteiger partial charge in [0.05, 0.1) is 5.60 Å². The van der Waals surface area contributed by atoms with Gasteiger partial charge in [0.1, 0.15) is 0 Å². The van der Waals surface area contributed by atoms with Gasteiger partial charge in [-0.05, 0) is 78.1 Å². The Morgan fingerprint density at radius 2 is 1.58 bits per heavy atom. The van der Waals surface area contributed by atoms with Crippen molar-refractivity contribution in [1.29, 1.82) is 0 Å². The number of aryl methyl sites for hydroxylation is 3. The van der Waals surface area contributed by atoms with Crippen LogP contribution in [-0.4, -0.2) is 28.9 Å². The molecular formula is C33H41NO2. The second-order valence-corrected chi connectivity index (χ2v) is 10.4. The van der Waals surface area contributed by atoms with Crippen LogP contribution in [0.15, 0.2) is 60.9 Å². The molecule has 2 aromatic carbocycles. The third-order valence-electron chi connectivity index (χ3n) is 8.25. The number of nitrogens with zero attached hydrogens (tertiary/aromatic N) is 1. The van der Waals surface area contributed by atoms with Gasteiger partial charge in [-0.15, -0.1) is 0 Å². The van der Waals surface area contributed by atoms with Crippen molar-refractivity contribution < 1.29 is 9.84 Å². The number of aliphatic hydroxyl groups is 1. The fourth-order valence-corrected chi connectivity index (χ4v) is 5.64. The summed E-state index contributed by atoms with van der Waals surface area (Å²) in [5, 5.41) is 10.8. The van der Waals surface area contributed by atoms with Crippen molar-refractivity contribution in [2.45, 2.75) is 77.7 Å².